The molecule has 9 nitrogen and oxygen atoms in total. The van der Waals surface area contributed by atoms with E-state index >= 15 is 0 Å². The monoisotopic (exact) mass is 581 g/mol. The van der Waals surface area contributed by atoms with E-state index in [1.165, 1.54) is 24.5 Å². The summed E-state index contributed by atoms with van der Waals surface area (Å²) in [6.45, 7) is 0. The first-order valence-corrected chi connectivity index (χ1v) is 14.3. The van der Waals surface area contributed by atoms with Crippen molar-refractivity contribution >= 4 is 38.6 Å². The fourth-order valence-electron chi connectivity index (χ4n) is 6.15. The van der Waals surface area contributed by atoms with Crippen LogP contribution in [0.15, 0.2) is 34.9 Å². The van der Waals surface area contributed by atoms with Crippen LogP contribution in [0.1, 0.15) is 70.9 Å². The van der Waals surface area contributed by atoms with E-state index in [2.05, 4.69) is 10.1 Å². The molecule has 2 aromatic carbocycles. The number of benzene rings is 2. The first-order valence-electron chi connectivity index (χ1n) is 13.5. The van der Waals surface area contributed by atoms with Gasteiger partial charge in [-0.05, 0) is 43.9 Å². The number of aromatic carboxylic acids is 1. The third kappa shape index (κ3) is 4.41. The van der Waals surface area contributed by atoms with Gasteiger partial charge >= 0.3 is 11.9 Å². The van der Waals surface area contributed by atoms with Gasteiger partial charge in [0.05, 0.1) is 22.9 Å². The van der Waals surface area contributed by atoms with Crippen molar-refractivity contribution in [3.8, 4) is 17.0 Å². The fraction of sp³-hybridized carbons (Fsp3) is 0.379. The van der Waals surface area contributed by atoms with Gasteiger partial charge in [-0.25, -0.2) is 23.4 Å². The fourth-order valence-corrected chi connectivity index (χ4v) is 7.28. The number of carboxylic acid groups (broad SMARTS) is 1. The SMILES string of the molecule is COc1cc2nc(N3[C@@H]4CC[C@H]3CC(OC(=O)c3c(-c5c(F)cccc5F)noc3C3CC3)C4)sc2cc1C(=O)O. The predicted molar refractivity (Wildman–Crippen MR) is 145 cm³/mol. The van der Waals surface area contributed by atoms with Crippen LogP contribution in [-0.2, 0) is 4.74 Å². The Morgan fingerprint density at radius 2 is 1.80 bits per heavy atom. The molecule has 3 atom stereocenters. The number of thiazole rings is 1. The normalized spacial score (nSPS) is 21.8. The molecule has 41 heavy (non-hydrogen) atoms. The molecule has 7 rings (SSSR count). The Balaban J connectivity index is 1.14. The summed E-state index contributed by atoms with van der Waals surface area (Å²) in [6, 6.07) is 6.86. The molecular formula is C29H25F2N3O6S. The van der Waals surface area contributed by atoms with Gasteiger partial charge < -0.3 is 24.0 Å². The zero-order valence-electron chi connectivity index (χ0n) is 21.9. The lowest BCUT2D eigenvalue weighted by Gasteiger charge is -2.38. The Labute approximate surface area is 236 Å². The quantitative estimate of drug-likeness (QED) is 0.256. The number of carbonyl (C=O) groups is 2. The number of hydrogen-bond donors (Lipinski definition) is 1. The van der Waals surface area contributed by atoms with E-state index in [-0.39, 0.29) is 40.6 Å². The van der Waals surface area contributed by atoms with Gasteiger partial charge in [0.2, 0.25) is 0 Å². The second-order valence-electron chi connectivity index (χ2n) is 10.8. The van der Waals surface area contributed by atoms with Crippen molar-refractivity contribution < 1.29 is 37.5 Å². The van der Waals surface area contributed by atoms with Crippen LogP contribution in [0.25, 0.3) is 21.5 Å². The van der Waals surface area contributed by atoms with E-state index in [0.717, 1.165) is 47.6 Å². The van der Waals surface area contributed by atoms with Crippen molar-refractivity contribution in [1.29, 1.82) is 0 Å². The zero-order valence-corrected chi connectivity index (χ0v) is 22.7. The van der Waals surface area contributed by atoms with Gasteiger partial charge in [-0.15, -0.1) is 0 Å². The maximum atomic E-state index is 14.6. The van der Waals surface area contributed by atoms with E-state index in [1.54, 1.807) is 12.1 Å². The summed E-state index contributed by atoms with van der Waals surface area (Å²) in [5.74, 6) is -2.86. The number of nitrogens with zero attached hydrogens (tertiary/aromatic N) is 3. The Kier molecular flexibility index (Phi) is 6.18. The first-order chi connectivity index (χ1) is 19.8. The molecule has 3 aliphatic rings. The minimum absolute atomic E-state index is 0.000585. The van der Waals surface area contributed by atoms with Crippen LogP contribution in [0, 0.1) is 11.6 Å². The van der Waals surface area contributed by atoms with E-state index in [1.807, 2.05) is 0 Å². The lowest BCUT2D eigenvalue weighted by atomic mass is 9.99. The first kappa shape index (κ1) is 25.9. The number of halogens is 2. The molecule has 212 valence electrons. The molecule has 1 N–H and O–H groups in total. The Morgan fingerprint density at radius 1 is 1.10 bits per heavy atom. The zero-order chi connectivity index (χ0) is 28.4. The van der Waals surface area contributed by atoms with Crippen LogP contribution in [-0.4, -0.2) is 52.5 Å². The van der Waals surface area contributed by atoms with Gasteiger partial charge in [0.1, 0.15) is 40.3 Å². The van der Waals surface area contributed by atoms with Crippen molar-refractivity contribution in [3.05, 3.63) is 58.9 Å². The summed E-state index contributed by atoms with van der Waals surface area (Å²) in [4.78, 5) is 32.2. The number of esters is 1. The minimum Gasteiger partial charge on any atom is -0.496 e. The number of carbonyl (C=O) groups excluding carboxylic acids is 1. The summed E-state index contributed by atoms with van der Waals surface area (Å²) < 4.78 is 46.7. The summed E-state index contributed by atoms with van der Waals surface area (Å²) in [5.41, 5.74) is 0.174. The van der Waals surface area contributed by atoms with Crippen molar-refractivity contribution in [2.45, 2.75) is 62.6 Å². The molecule has 0 amide bonds. The molecule has 12 heteroatoms. The molecule has 2 aromatic heterocycles. The molecule has 2 saturated heterocycles. The highest BCUT2D eigenvalue weighted by molar-refractivity contribution is 7.22. The minimum atomic E-state index is -1.07. The number of ether oxygens (including phenoxy) is 2. The Morgan fingerprint density at radius 3 is 2.44 bits per heavy atom. The van der Waals surface area contributed by atoms with Gasteiger partial charge in [-0.2, -0.15) is 0 Å². The van der Waals surface area contributed by atoms with Gasteiger partial charge in [0.15, 0.2) is 10.9 Å². The molecule has 4 heterocycles. The molecule has 1 saturated carbocycles. The smallest absolute Gasteiger partial charge is 0.344 e. The molecule has 3 fully saturated rings. The average Bonchev–Trinajstić information content (AvgIpc) is 3.46. The van der Waals surface area contributed by atoms with Crippen LogP contribution in [0.2, 0.25) is 0 Å². The maximum Gasteiger partial charge on any atom is 0.344 e. The molecule has 1 unspecified atom stereocenters. The largest absolute Gasteiger partial charge is 0.496 e. The highest BCUT2D eigenvalue weighted by atomic mass is 32.1. The molecule has 2 aliphatic heterocycles. The van der Waals surface area contributed by atoms with E-state index < -0.39 is 35.2 Å². The van der Waals surface area contributed by atoms with Crippen molar-refractivity contribution in [1.82, 2.24) is 10.1 Å². The molecule has 0 radical (unpaired) electrons. The maximum absolute atomic E-state index is 14.6. The number of piperidine rings is 1. The highest BCUT2D eigenvalue weighted by Gasteiger charge is 2.45. The van der Waals surface area contributed by atoms with Gasteiger partial charge in [-0.1, -0.05) is 22.6 Å². The van der Waals surface area contributed by atoms with Crippen molar-refractivity contribution in [3.63, 3.8) is 0 Å². The summed E-state index contributed by atoms with van der Waals surface area (Å²) >= 11 is 1.43. The van der Waals surface area contributed by atoms with Crippen LogP contribution < -0.4 is 9.64 Å². The van der Waals surface area contributed by atoms with Crippen LogP contribution in [0.4, 0.5) is 13.9 Å². The number of anilines is 1. The van der Waals surface area contributed by atoms with Gasteiger partial charge in [0.25, 0.3) is 0 Å². The van der Waals surface area contributed by atoms with E-state index in [4.69, 9.17) is 19.0 Å². The lowest BCUT2D eigenvalue weighted by molar-refractivity contribution is 0.0202. The highest BCUT2D eigenvalue weighted by Crippen LogP contribution is 2.46. The standard InChI is InChI=1S/C29H25F2N3O6S/c1-38-21-12-20-22(11-17(21)27(35)36)41-29(32-20)34-14-7-8-15(34)10-16(9-14)39-28(37)24-25(33-40-26(24)13-5-6-13)23-18(30)3-2-4-19(23)31/h2-4,11-16H,5-10H2,1H3,(H,35,36)/t14-,15+,16?. The molecule has 0 spiro atoms. The van der Waals surface area contributed by atoms with E-state index in [0.29, 0.717) is 24.1 Å². The number of hydrogen-bond acceptors (Lipinski definition) is 9. The predicted octanol–water partition coefficient (Wildman–Crippen LogP) is 6.17. The van der Waals surface area contributed by atoms with Crippen LogP contribution >= 0.6 is 11.3 Å². The molecule has 2 bridgehead atoms. The van der Waals surface area contributed by atoms with Crippen LogP contribution in [0.3, 0.4) is 0 Å². The topological polar surface area (TPSA) is 115 Å². The number of fused-ring (bicyclic) bond motifs is 3. The average molecular weight is 582 g/mol. The Bertz CT molecular complexity index is 1660. The molecule has 4 aromatic rings. The number of rotatable bonds is 7. The summed E-state index contributed by atoms with van der Waals surface area (Å²) in [6.07, 6.45) is 4.13. The second kappa shape index (κ2) is 9.79. The van der Waals surface area contributed by atoms with Crippen molar-refractivity contribution in [2.24, 2.45) is 0 Å². The number of carboxylic acids is 1. The number of aromatic nitrogens is 2. The van der Waals surface area contributed by atoms with E-state index in [9.17, 15) is 23.5 Å². The molecular weight excluding hydrogens is 556 g/mol. The Hall–Kier alpha value is -4.06. The summed E-state index contributed by atoms with van der Waals surface area (Å²) in [5, 5.41) is 14.2. The van der Waals surface area contributed by atoms with Gasteiger partial charge in [0, 0.05) is 36.9 Å². The molecule has 1 aliphatic carbocycles. The third-order valence-electron chi connectivity index (χ3n) is 8.18. The van der Waals surface area contributed by atoms with Crippen LogP contribution in [0.5, 0.6) is 5.75 Å². The van der Waals surface area contributed by atoms with Crippen molar-refractivity contribution in [2.75, 3.05) is 12.0 Å². The number of methoxy groups -OCH3 is 1. The second-order valence-corrected chi connectivity index (χ2v) is 11.8. The lowest BCUT2D eigenvalue weighted by Crippen LogP contribution is -2.46. The van der Waals surface area contributed by atoms with Gasteiger partial charge in [-0.3, -0.25) is 0 Å². The third-order valence-corrected chi connectivity index (χ3v) is 9.22. The summed E-state index contributed by atoms with van der Waals surface area (Å²) in [7, 11) is 1.43.